The molecule has 0 atom stereocenters. The molecule has 0 saturated heterocycles. The first-order chi connectivity index (χ1) is 13.9. The summed E-state index contributed by atoms with van der Waals surface area (Å²) < 4.78 is 25.4. The van der Waals surface area contributed by atoms with Crippen molar-refractivity contribution in [1.29, 1.82) is 0 Å². The van der Waals surface area contributed by atoms with Gasteiger partial charge in [-0.1, -0.05) is 17.4 Å². The number of methoxy groups -OCH3 is 2. The molecule has 154 valence electrons. The number of anilines is 1. The molecule has 0 radical (unpaired) electrons. The Labute approximate surface area is 173 Å². The third-order valence-corrected chi connectivity index (χ3v) is 5.50. The van der Waals surface area contributed by atoms with Gasteiger partial charge in [-0.25, -0.2) is 9.37 Å². The summed E-state index contributed by atoms with van der Waals surface area (Å²) in [5, 5.41) is 0.476. The summed E-state index contributed by atoms with van der Waals surface area (Å²) in [4.78, 5) is 21.4. The predicted octanol–water partition coefficient (Wildman–Crippen LogP) is 4.05. The van der Waals surface area contributed by atoms with Gasteiger partial charge in [0.05, 0.1) is 18.9 Å². The second kappa shape index (κ2) is 9.19. The van der Waals surface area contributed by atoms with Crippen molar-refractivity contribution in [2.45, 2.75) is 6.42 Å². The van der Waals surface area contributed by atoms with E-state index in [4.69, 9.17) is 9.47 Å². The number of para-hydroxylation sites is 1. The molecule has 0 fully saturated rings. The van der Waals surface area contributed by atoms with E-state index < -0.39 is 5.82 Å². The lowest BCUT2D eigenvalue weighted by atomic mass is 10.1. The van der Waals surface area contributed by atoms with Gasteiger partial charge in [-0.05, 0) is 57.4 Å². The zero-order valence-electron chi connectivity index (χ0n) is 16.9. The fourth-order valence-corrected chi connectivity index (χ4v) is 3.98. The Morgan fingerprint density at radius 2 is 1.86 bits per heavy atom. The van der Waals surface area contributed by atoms with Gasteiger partial charge in [0, 0.05) is 12.1 Å². The average Bonchev–Trinajstić information content (AvgIpc) is 3.15. The molecule has 0 spiro atoms. The lowest BCUT2D eigenvalue weighted by Crippen LogP contribution is -2.33. The quantitative estimate of drug-likeness (QED) is 0.553. The van der Waals surface area contributed by atoms with E-state index in [-0.39, 0.29) is 11.4 Å². The zero-order valence-corrected chi connectivity index (χ0v) is 17.8. The van der Waals surface area contributed by atoms with Crippen LogP contribution in [-0.4, -0.2) is 57.2 Å². The van der Waals surface area contributed by atoms with Crippen LogP contribution in [0.25, 0.3) is 10.2 Å². The van der Waals surface area contributed by atoms with E-state index in [2.05, 4.69) is 9.88 Å². The molecule has 29 heavy (non-hydrogen) atoms. The molecule has 0 aliphatic carbocycles. The topological polar surface area (TPSA) is 54.9 Å². The van der Waals surface area contributed by atoms with Gasteiger partial charge in [-0.15, -0.1) is 0 Å². The summed E-state index contributed by atoms with van der Waals surface area (Å²) >= 11 is 1.30. The van der Waals surface area contributed by atoms with Gasteiger partial charge in [-0.2, -0.15) is 0 Å². The Morgan fingerprint density at radius 1 is 1.10 bits per heavy atom. The number of carbonyl (C=O) groups is 1. The highest BCUT2D eigenvalue weighted by molar-refractivity contribution is 7.22. The molecule has 0 aliphatic heterocycles. The van der Waals surface area contributed by atoms with Crippen molar-refractivity contribution in [2.75, 3.05) is 46.3 Å². The first-order valence-electron chi connectivity index (χ1n) is 9.18. The Hall–Kier alpha value is -2.71. The maximum absolute atomic E-state index is 14.1. The van der Waals surface area contributed by atoms with Crippen LogP contribution < -0.4 is 14.4 Å². The van der Waals surface area contributed by atoms with Gasteiger partial charge >= 0.3 is 0 Å². The molecule has 0 aliphatic rings. The van der Waals surface area contributed by atoms with E-state index in [1.807, 2.05) is 14.1 Å². The van der Waals surface area contributed by atoms with Crippen molar-refractivity contribution in [3.05, 3.63) is 47.8 Å². The second-order valence-corrected chi connectivity index (χ2v) is 7.78. The van der Waals surface area contributed by atoms with Crippen molar-refractivity contribution in [1.82, 2.24) is 9.88 Å². The first kappa shape index (κ1) is 21.0. The number of hydrogen-bond donors (Lipinski definition) is 0. The minimum absolute atomic E-state index is 0.218. The highest BCUT2D eigenvalue weighted by Gasteiger charge is 2.23. The van der Waals surface area contributed by atoms with Gasteiger partial charge in [-0.3, -0.25) is 9.69 Å². The SMILES string of the molecule is COc1ccc(C(=O)N(CCCN(C)C)c2nc3c(F)cccc3s2)cc1OC. The molecule has 2 aromatic carbocycles. The van der Waals surface area contributed by atoms with Crippen molar-refractivity contribution in [3.8, 4) is 11.5 Å². The van der Waals surface area contributed by atoms with Crippen LogP contribution in [0.5, 0.6) is 11.5 Å². The highest BCUT2D eigenvalue weighted by atomic mass is 32.1. The summed E-state index contributed by atoms with van der Waals surface area (Å²) in [5.74, 6) is 0.410. The highest BCUT2D eigenvalue weighted by Crippen LogP contribution is 2.33. The number of benzene rings is 2. The Bertz CT molecular complexity index is 1010. The summed E-state index contributed by atoms with van der Waals surface area (Å²) in [5.41, 5.74) is 0.734. The lowest BCUT2D eigenvalue weighted by Gasteiger charge is -2.21. The van der Waals surface area contributed by atoms with Crippen LogP contribution in [0, 0.1) is 5.82 Å². The van der Waals surface area contributed by atoms with Crippen LogP contribution in [0.1, 0.15) is 16.8 Å². The molecule has 0 bridgehead atoms. The molecule has 1 aromatic heterocycles. The third-order valence-electron chi connectivity index (χ3n) is 4.45. The van der Waals surface area contributed by atoms with Crippen LogP contribution in [0.2, 0.25) is 0 Å². The van der Waals surface area contributed by atoms with Crippen LogP contribution in [0.3, 0.4) is 0 Å². The molecule has 6 nitrogen and oxygen atoms in total. The molecule has 8 heteroatoms. The maximum atomic E-state index is 14.1. The van der Waals surface area contributed by atoms with Gasteiger partial charge < -0.3 is 14.4 Å². The van der Waals surface area contributed by atoms with Crippen molar-refractivity contribution in [3.63, 3.8) is 0 Å². The summed E-state index contributed by atoms with van der Waals surface area (Å²) in [7, 11) is 7.03. The minimum Gasteiger partial charge on any atom is -0.493 e. The fraction of sp³-hybridized carbons (Fsp3) is 0.333. The number of hydrogen-bond acceptors (Lipinski definition) is 6. The largest absolute Gasteiger partial charge is 0.493 e. The van der Waals surface area contributed by atoms with Crippen LogP contribution in [0.4, 0.5) is 9.52 Å². The van der Waals surface area contributed by atoms with Gasteiger partial charge in [0.15, 0.2) is 16.6 Å². The average molecular weight is 418 g/mol. The van der Waals surface area contributed by atoms with Gasteiger partial charge in [0.1, 0.15) is 11.3 Å². The smallest absolute Gasteiger partial charge is 0.260 e. The second-order valence-electron chi connectivity index (χ2n) is 6.77. The summed E-state index contributed by atoms with van der Waals surface area (Å²) in [6.07, 6.45) is 0.754. The number of nitrogens with zero attached hydrogens (tertiary/aromatic N) is 3. The van der Waals surface area contributed by atoms with Gasteiger partial charge in [0.2, 0.25) is 0 Å². The molecular formula is C21H24FN3O3S. The number of carbonyl (C=O) groups excluding carboxylic acids is 1. The van der Waals surface area contributed by atoms with Crippen molar-refractivity contribution < 1.29 is 18.7 Å². The Morgan fingerprint density at radius 3 is 2.52 bits per heavy atom. The Kier molecular flexibility index (Phi) is 6.66. The van der Waals surface area contributed by atoms with E-state index in [9.17, 15) is 9.18 Å². The van der Waals surface area contributed by atoms with E-state index in [1.165, 1.54) is 24.5 Å². The predicted molar refractivity (Wildman–Crippen MR) is 114 cm³/mol. The summed E-state index contributed by atoms with van der Waals surface area (Å²) in [6, 6.07) is 9.86. The third kappa shape index (κ3) is 4.65. The standard InChI is InChI=1S/C21H24FN3O3S/c1-24(2)11-6-12-25(21-23-19-15(22)7-5-8-18(19)29-21)20(26)14-9-10-16(27-3)17(13-14)28-4/h5,7-10,13H,6,11-12H2,1-4H3. The zero-order chi connectivity index (χ0) is 21.0. The number of thiazole rings is 1. The van der Waals surface area contributed by atoms with Crippen molar-refractivity contribution >= 4 is 32.6 Å². The van der Waals surface area contributed by atoms with E-state index >= 15 is 0 Å². The molecule has 1 heterocycles. The number of ether oxygens (including phenoxy) is 2. The Balaban J connectivity index is 1.97. The van der Waals surface area contributed by atoms with Crippen LogP contribution >= 0.6 is 11.3 Å². The minimum atomic E-state index is -0.392. The van der Waals surface area contributed by atoms with Crippen LogP contribution in [-0.2, 0) is 0 Å². The van der Waals surface area contributed by atoms with E-state index in [0.29, 0.717) is 33.4 Å². The molecule has 0 saturated carbocycles. The number of halogens is 1. The molecule has 0 N–H and O–H groups in total. The van der Waals surface area contributed by atoms with Crippen molar-refractivity contribution in [2.24, 2.45) is 0 Å². The summed E-state index contributed by atoms with van der Waals surface area (Å²) in [6.45, 7) is 1.28. The molecule has 3 aromatic rings. The lowest BCUT2D eigenvalue weighted by molar-refractivity contribution is 0.0985. The number of rotatable bonds is 8. The maximum Gasteiger partial charge on any atom is 0.260 e. The van der Waals surface area contributed by atoms with Crippen LogP contribution in [0.15, 0.2) is 36.4 Å². The number of aromatic nitrogens is 1. The number of fused-ring (bicyclic) bond motifs is 1. The molecular weight excluding hydrogens is 393 g/mol. The molecule has 0 unspecified atom stereocenters. The van der Waals surface area contributed by atoms with E-state index in [1.54, 1.807) is 42.3 Å². The monoisotopic (exact) mass is 417 g/mol. The normalized spacial score (nSPS) is 11.1. The van der Waals surface area contributed by atoms with E-state index in [0.717, 1.165) is 13.0 Å². The fourth-order valence-electron chi connectivity index (χ4n) is 2.97. The molecule has 3 rings (SSSR count). The first-order valence-corrected chi connectivity index (χ1v) is 10.00. The molecule has 1 amide bonds. The van der Waals surface area contributed by atoms with Gasteiger partial charge in [0.25, 0.3) is 5.91 Å². The number of amides is 1.